The highest BCUT2D eigenvalue weighted by Gasteiger charge is 2.14. The predicted octanol–water partition coefficient (Wildman–Crippen LogP) is 5.83. The van der Waals surface area contributed by atoms with Crippen LogP contribution in [0.1, 0.15) is 26.3 Å². The first-order valence-electron chi connectivity index (χ1n) is 8.74. The number of rotatable bonds is 4. The lowest BCUT2D eigenvalue weighted by molar-refractivity contribution is 0.0696. The molecule has 4 aromatic rings. The Balaban J connectivity index is 1.75. The molecule has 1 aromatic heterocycles. The van der Waals surface area contributed by atoms with Gasteiger partial charge < -0.3 is 10.4 Å². The van der Waals surface area contributed by atoms with Crippen molar-refractivity contribution in [2.45, 2.75) is 6.92 Å². The van der Waals surface area contributed by atoms with Crippen molar-refractivity contribution in [1.82, 2.24) is 0 Å². The number of amides is 1. The Labute approximate surface area is 166 Å². The number of thiophene rings is 1. The van der Waals surface area contributed by atoms with Gasteiger partial charge in [-0.05, 0) is 54.3 Å². The molecule has 0 spiro atoms. The molecule has 0 aliphatic carbocycles. The van der Waals surface area contributed by atoms with Crippen LogP contribution in [0.2, 0.25) is 0 Å². The van der Waals surface area contributed by atoms with Crippen LogP contribution in [0.3, 0.4) is 0 Å². The van der Waals surface area contributed by atoms with Gasteiger partial charge in [-0.2, -0.15) is 0 Å². The largest absolute Gasteiger partial charge is 0.478 e. The summed E-state index contributed by atoms with van der Waals surface area (Å²) >= 11 is 1.61. The lowest BCUT2D eigenvalue weighted by atomic mass is 10.0. The molecule has 5 heteroatoms. The van der Waals surface area contributed by atoms with E-state index in [4.69, 9.17) is 0 Å². The molecule has 2 N–H and O–H groups in total. The molecule has 0 saturated heterocycles. The zero-order chi connectivity index (χ0) is 19.7. The van der Waals surface area contributed by atoms with Crippen LogP contribution in [-0.2, 0) is 0 Å². The van der Waals surface area contributed by atoms with Gasteiger partial charge in [-0.3, -0.25) is 4.79 Å². The number of nitrogens with one attached hydrogen (secondary N) is 1. The van der Waals surface area contributed by atoms with Crippen LogP contribution >= 0.6 is 11.3 Å². The maximum absolute atomic E-state index is 12.6. The van der Waals surface area contributed by atoms with Gasteiger partial charge in [-0.15, -0.1) is 11.3 Å². The molecule has 0 fully saturated rings. The predicted molar refractivity (Wildman–Crippen MR) is 113 cm³/mol. The molecule has 4 nitrogen and oxygen atoms in total. The van der Waals surface area contributed by atoms with Gasteiger partial charge in [0.1, 0.15) is 0 Å². The minimum Gasteiger partial charge on any atom is -0.478 e. The summed E-state index contributed by atoms with van der Waals surface area (Å²) in [5.74, 6) is -1.31. The Hall–Kier alpha value is -3.44. The first kappa shape index (κ1) is 17.9. The second-order valence-electron chi connectivity index (χ2n) is 6.57. The van der Waals surface area contributed by atoms with E-state index in [0.29, 0.717) is 11.3 Å². The Morgan fingerprint density at radius 2 is 1.68 bits per heavy atom. The fourth-order valence-corrected chi connectivity index (χ4v) is 4.06. The van der Waals surface area contributed by atoms with Gasteiger partial charge in [-0.25, -0.2) is 4.79 Å². The number of benzene rings is 3. The molecule has 0 atom stereocenters. The van der Waals surface area contributed by atoms with Crippen molar-refractivity contribution in [2.24, 2.45) is 0 Å². The van der Waals surface area contributed by atoms with Gasteiger partial charge in [0.2, 0.25) is 0 Å². The minimum absolute atomic E-state index is 0.131. The minimum atomic E-state index is -1.03. The van der Waals surface area contributed by atoms with Crippen LogP contribution in [0.25, 0.3) is 21.2 Å². The molecule has 1 heterocycles. The fraction of sp³-hybridized carbons (Fsp3) is 0.0435. The Kier molecular flexibility index (Phi) is 4.67. The highest BCUT2D eigenvalue weighted by atomic mass is 32.1. The molecule has 0 bridgehead atoms. The maximum atomic E-state index is 12.6. The van der Waals surface area contributed by atoms with E-state index < -0.39 is 5.97 Å². The number of aryl methyl sites for hydroxylation is 1. The second-order valence-corrected chi connectivity index (χ2v) is 7.48. The lowest BCUT2D eigenvalue weighted by Gasteiger charge is -2.10. The molecule has 0 unspecified atom stereocenters. The van der Waals surface area contributed by atoms with Crippen LogP contribution in [-0.4, -0.2) is 17.0 Å². The smallest absolute Gasteiger partial charge is 0.335 e. The van der Waals surface area contributed by atoms with E-state index in [2.05, 4.69) is 5.32 Å². The van der Waals surface area contributed by atoms with Crippen molar-refractivity contribution < 1.29 is 14.7 Å². The topological polar surface area (TPSA) is 66.4 Å². The van der Waals surface area contributed by atoms with Crippen molar-refractivity contribution in [3.8, 4) is 11.1 Å². The maximum Gasteiger partial charge on any atom is 0.335 e. The third-order valence-electron chi connectivity index (χ3n) is 4.54. The van der Waals surface area contributed by atoms with Crippen LogP contribution in [0.4, 0.5) is 5.69 Å². The van der Waals surface area contributed by atoms with Gasteiger partial charge >= 0.3 is 5.97 Å². The summed E-state index contributed by atoms with van der Waals surface area (Å²) in [7, 11) is 0. The number of hydrogen-bond acceptors (Lipinski definition) is 3. The monoisotopic (exact) mass is 387 g/mol. The standard InChI is InChI=1S/C23H17NO3S/c1-14-6-8-15(9-7-14)22(25)24-18-11-16(10-17(12-18)23(26)27)20-13-28-21-5-3-2-4-19(20)21/h2-13H,1H3,(H,24,25)(H,26,27). The van der Waals surface area contributed by atoms with Crippen molar-refractivity contribution >= 4 is 39.0 Å². The third kappa shape index (κ3) is 3.52. The SMILES string of the molecule is Cc1ccc(C(=O)Nc2cc(C(=O)O)cc(-c3csc4ccccc34)c2)cc1. The summed E-state index contributed by atoms with van der Waals surface area (Å²) in [5.41, 5.74) is 3.89. The van der Waals surface area contributed by atoms with Gasteiger partial charge in [0, 0.05) is 26.9 Å². The number of anilines is 1. The number of fused-ring (bicyclic) bond motifs is 1. The number of hydrogen-bond donors (Lipinski definition) is 2. The molecule has 0 saturated carbocycles. The number of carboxylic acids is 1. The number of carboxylic acid groups (broad SMARTS) is 1. The van der Waals surface area contributed by atoms with Gasteiger partial charge in [-0.1, -0.05) is 35.9 Å². The van der Waals surface area contributed by atoms with E-state index in [9.17, 15) is 14.7 Å². The van der Waals surface area contributed by atoms with Crippen LogP contribution in [0.5, 0.6) is 0 Å². The Bertz CT molecular complexity index is 1190. The van der Waals surface area contributed by atoms with Gasteiger partial charge in [0.05, 0.1) is 5.56 Å². The molecule has 3 aromatic carbocycles. The molecule has 0 aliphatic rings. The van der Waals surface area contributed by atoms with Crippen molar-refractivity contribution in [3.63, 3.8) is 0 Å². The average molecular weight is 387 g/mol. The fourth-order valence-electron chi connectivity index (χ4n) is 3.09. The summed E-state index contributed by atoms with van der Waals surface area (Å²) in [6.07, 6.45) is 0. The summed E-state index contributed by atoms with van der Waals surface area (Å²) in [5, 5.41) is 15.4. The van der Waals surface area contributed by atoms with E-state index in [-0.39, 0.29) is 11.5 Å². The summed E-state index contributed by atoms with van der Waals surface area (Å²) in [4.78, 5) is 24.2. The van der Waals surface area contributed by atoms with Crippen LogP contribution in [0.15, 0.2) is 72.1 Å². The molecule has 0 aliphatic heterocycles. The highest BCUT2D eigenvalue weighted by Crippen LogP contribution is 2.35. The van der Waals surface area contributed by atoms with Crippen molar-refractivity contribution in [2.75, 3.05) is 5.32 Å². The Morgan fingerprint density at radius 3 is 2.43 bits per heavy atom. The van der Waals surface area contributed by atoms with Crippen molar-refractivity contribution in [3.05, 3.63) is 88.8 Å². The second kappa shape index (κ2) is 7.29. The molecule has 4 rings (SSSR count). The quantitative estimate of drug-likeness (QED) is 0.463. The summed E-state index contributed by atoms with van der Waals surface area (Å²) in [6.45, 7) is 1.95. The number of carbonyl (C=O) groups is 2. The van der Waals surface area contributed by atoms with Crippen LogP contribution < -0.4 is 5.32 Å². The Morgan fingerprint density at radius 1 is 0.929 bits per heavy atom. The van der Waals surface area contributed by atoms with Gasteiger partial charge in [0.15, 0.2) is 0 Å². The zero-order valence-electron chi connectivity index (χ0n) is 15.1. The lowest BCUT2D eigenvalue weighted by Crippen LogP contribution is -2.12. The van der Waals surface area contributed by atoms with Gasteiger partial charge in [0.25, 0.3) is 5.91 Å². The number of aromatic carboxylic acids is 1. The summed E-state index contributed by atoms with van der Waals surface area (Å²) < 4.78 is 1.13. The van der Waals surface area contributed by atoms with E-state index in [1.165, 1.54) is 6.07 Å². The average Bonchev–Trinajstić information content (AvgIpc) is 3.12. The first-order chi connectivity index (χ1) is 13.5. The van der Waals surface area contributed by atoms with Crippen LogP contribution in [0, 0.1) is 6.92 Å². The molecular formula is C23H17NO3S. The van der Waals surface area contributed by atoms with E-state index >= 15 is 0 Å². The molecule has 1 amide bonds. The van der Waals surface area contributed by atoms with E-state index in [1.54, 1.807) is 29.5 Å². The zero-order valence-corrected chi connectivity index (χ0v) is 15.9. The summed E-state index contributed by atoms with van der Waals surface area (Å²) in [6, 6.07) is 20.1. The van der Waals surface area contributed by atoms with Crippen molar-refractivity contribution in [1.29, 1.82) is 0 Å². The molecular weight excluding hydrogens is 370 g/mol. The first-order valence-corrected chi connectivity index (χ1v) is 9.62. The van der Waals surface area contributed by atoms with E-state index in [1.807, 2.05) is 54.8 Å². The molecule has 28 heavy (non-hydrogen) atoms. The van der Waals surface area contributed by atoms with E-state index in [0.717, 1.165) is 26.8 Å². The molecule has 138 valence electrons. The number of carbonyl (C=O) groups excluding carboxylic acids is 1. The highest BCUT2D eigenvalue weighted by molar-refractivity contribution is 7.17. The molecule has 0 radical (unpaired) electrons. The third-order valence-corrected chi connectivity index (χ3v) is 5.51. The normalized spacial score (nSPS) is 10.8.